The van der Waals surface area contributed by atoms with Crippen molar-refractivity contribution in [3.63, 3.8) is 0 Å². The van der Waals surface area contributed by atoms with E-state index in [9.17, 15) is 9.59 Å². The Hall–Kier alpha value is -2.70. The highest BCUT2D eigenvalue weighted by Crippen LogP contribution is 2.11. The zero-order valence-electron chi connectivity index (χ0n) is 15.1. The summed E-state index contributed by atoms with van der Waals surface area (Å²) in [5.41, 5.74) is 1.62. The Morgan fingerprint density at radius 2 is 1.04 bits per heavy atom. The highest BCUT2D eigenvalue weighted by atomic mass is 16.5. The van der Waals surface area contributed by atoms with Crippen LogP contribution in [0.5, 0.6) is 0 Å². The van der Waals surface area contributed by atoms with Gasteiger partial charge in [0.2, 0.25) is 0 Å². The molecule has 0 unspecified atom stereocenters. The highest BCUT2D eigenvalue weighted by Gasteiger charge is 2.12. The predicted octanol–water partition coefficient (Wildman–Crippen LogP) is 2.35. The average Bonchev–Trinajstić information content (AvgIpc) is 2.70. The molecule has 0 spiro atoms. The van der Waals surface area contributed by atoms with Gasteiger partial charge < -0.3 is 19.3 Å². The fraction of sp³-hybridized carbons (Fsp3) is 0.300. The lowest BCUT2D eigenvalue weighted by atomic mass is 10.3. The van der Waals surface area contributed by atoms with Crippen LogP contribution in [0.4, 0.5) is 11.4 Å². The Morgan fingerprint density at radius 3 is 1.38 bits per heavy atom. The first kappa shape index (κ1) is 19.6. The fourth-order valence-electron chi connectivity index (χ4n) is 2.22. The maximum absolute atomic E-state index is 12.0. The lowest BCUT2D eigenvalue weighted by Gasteiger charge is -2.18. The van der Waals surface area contributed by atoms with Crippen LogP contribution in [0.1, 0.15) is 0 Å². The van der Waals surface area contributed by atoms with Crippen LogP contribution >= 0.6 is 0 Å². The first-order valence-electron chi connectivity index (χ1n) is 8.38. The summed E-state index contributed by atoms with van der Waals surface area (Å²) in [4.78, 5) is 27.1. The number of hydrogen-bond acceptors (Lipinski definition) is 4. The lowest BCUT2D eigenvalue weighted by molar-refractivity contribution is -0.126. The maximum atomic E-state index is 12.0. The van der Waals surface area contributed by atoms with Gasteiger partial charge in [0, 0.05) is 25.5 Å². The molecule has 6 heteroatoms. The van der Waals surface area contributed by atoms with Crippen molar-refractivity contribution in [1.29, 1.82) is 0 Å². The normalized spacial score (nSPS) is 10.4. The predicted molar refractivity (Wildman–Crippen MR) is 101 cm³/mol. The number of carbonyl (C=O) groups excluding carboxylic acids is 2. The maximum Gasteiger partial charge on any atom is 0.252 e. The largest absolute Gasteiger partial charge is 0.369 e. The van der Waals surface area contributed by atoms with Gasteiger partial charge in [0.15, 0.2) is 0 Å². The van der Waals surface area contributed by atoms with Crippen molar-refractivity contribution >= 4 is 23.2 Å². The quantitative estimate of drug-likeness (QED) is 0.647. The van der Waals surface area contributed by atoms with Crippen molar-refractivity contribution in [2.24, 2.45) is 0 Å². The van der Waals surface area contributed by atoms with Crippen molar-refractivity contribution in [3.8, 4) is 0 Å². The van der Waals surface area contributed by atoms with Gasteiger partial charge in [-0.3, -0.25) is 9.59 Å². The first-order chi connectivity index (χ1) is 12.6. The molecule has 0 aromatic heterocycles. The van der Waals surface area contributed by atoms with Crippen LogP contribution < -0.4 is 9.80 Å². The topological polar surface area (TPSA) is 59.1 Å². The van der Waals surface area contributed by atoms with Gasteiger partial charge in [-0.1, -0.05) is 36.4 Å². The minimum Gasteiger partial charge on any atom is -0.369 e. The van der Waals surface area contributed by atoms with E-state index in [1.54, 1.807) is 23.9 Å². The molecule has 26 heavy (non-hydrogen) atoms. The van der Waals surface area contributed by atoms with Crippen molar-refractivity contribution < 1.29 is 19.1 Å². The van der Waals surface area contributed by atoms with Gasteiger partial charge in [-0.2, -0.15) is 0 Å². The molecule has 0 aliphatic rings. The number of ether oxygens (including phenoxy) is 2. The van der Waals surface area contributed by atoms with Crippen molar-refractivity contribution in [3.05, 3.63) is 60.7 Å². The Balaban J connectivity index is 1.60. The second-order valence-corrected chi connectivity index (χ2v) is 5.68. The molecule has 0 saturated carbocycles. The van der Waals surface area contributed by atoms with Gasteiger partial charge in [-0.25, -0.2) is 0 Å². The van der Waals surface area contributed by atoms with E-state index in [0.29, 0.717) is 0 Å². The summed E-state index contributed by atoms with van der Waals surface area (Å²) in [6.45, 7) is 0.423. The molecule has 0 saturated heterocycles. The van der Waals surface area contributed by atoms with Crippen molar-refractivity contribution in [1.82, 2.24) is 0 Å². The molecule has 0 atom stereocenters. The monoisotopic (exact) mass is 356 g/mol. The first-order valence-corrected chi connectivity index (χ1v) is 8.38. The van der Waals surface area contributed by atoms with E-state index in [1.165, 1.54) is 0 Å². The van der Waals surface area contributed by atoms with Gasteiger partial charge in [-0.05, 0) is 24.3 Å². The van der Waals surface area contributed by atoms with E-state index in [-0.39, 0.29) is 38.2 Å². The molecule has 2 amide bonds. The molecule has 2 aromatic carbocycles. The summed E-state index contributed by atoms with van der Waals surface area (Å²) in [5, 5.41) is 0. The SMILES string of the molecule is CN(C(=O)COCCOCC(=O)N(C)c1ccccc1)c1ccccc1. The van der Waals surface area contributed by atoms with Gasteiger partial charge in [0.25, 0.3) is 11.8 Å². The van der Waals surface area contributed by atoms with E-state index >= 15 is 0 Å². The molecular weight excluding hydrogens is 332 g/mol. The molecule has 0 radical (unpaired) electrons. The smallest absolute Gasteiger partial charge is 0.252 e. The minimum atomic E-state index is -0.143. The van der Waals surface area contributed by atoms with Crippen LogP contribution in [0, 0.1) is 0 Å². The highest BCUT2D eigenvalue weighted by molar-refractivity contribution is 5.94. The van der Waals surface area contributed by atoms with Gasteiger partial charge in [0.05, 0.1) is 13.2 Å². The van der Waals surface area contributed by atoms with Crippen molar-refractivity contribution in [2.45, 2.75) is 0 Å². The number of para-hydroxylation sites is 2. The van der Waals surface area contributed by atoms with E-state index in [1.807, 2.05) is 60.7 Å². The number of hydrogen-bond donors (Lipinski definition) is 0. The van der Waals surface area contributed by atoms with Crippen LogP contribution in [0.3, 0.4) is 0 Å². The lowest BCUT2D eigenvalue weighted by Crippen LogP contribution is -2.31. The third kappa shape index (κ3) is 5.98. The zero-order chi connectivity index (χ0) is 18.8. The van der Waals surface area contributed by atoms with Gasteiger partial charge >= 0.3 is 0 Å². The summed E-state index contributed by atoms with van der Waals surface area (Å²) < 4.78 is 10.6. The van der Waals surface area contributed by atoms with Crippen LogP contribution in [-0.2, 0) is 19.1 Å². The number of anilines is 2. The Labute approximate surface area is 153 Å². The number of amides is 2. The number of benzene rings is 2. The number of rotatable bonds is 9. The molecule has 2 rings (SSSR count). The zero-order valence-corrected chi connectivity index (χ0v) is 15.1. The van der Waals surface area contributed by atoms with E-state index in [0.717, 1.165) is 11.4 Å². The number of carbonyl (C=O) groups is 2. The number of likely N-dealkylation sites (N-methyl/N-ethyl adjacent to an activating group) is 2. The summed E-state index contributed by atoms with van der Waals surface area (Å²) in [6.07, 6.45) is 0. The second kappa shape index (κ2) is 10.3. The molecule has 0 aliphatic heterocycles. The molecule has 0 N–H and O–H groups in total. The third-order valence-corrected chi connectivity index (χ3v) is 3.86. The average molecular weight is 356 g/mol. The molecule has 138 valence electrons. The van der Waals surface area contributed by atoms with E-state index < -0.39 is 0 Å². The minimum absolute atomic E-state index is 0.0351. The van der Waals surface area contributed by atoms with Gasteiger partial charge in [-0.15, -0.1) is 0 Å². The van der Waals surface area contributed by atoms with Crippen LogP contribution in [0.25, 0.3) is 0 Å². The number of nitrogens with zero attached hydrogens (tertiary/aromatic N) is 2. The Morgan fingerprint density at radius 1 is 0.692 bits per heavy atom. The molecule has 2 aromatic rings. The van der Waals surface area contributed by atoms with Crippen molar-refractivity contribution in [2.75, 3.05) is 50.3 Å². The standard InChI is InChI=1S/C20H24N2O4/c1-21(17-9-5-3-6-10-17)19(23)15-25-13-14-26-16-20(24)22(2)18-11-7-4-8-12-18/h3-12H,13-16H2,1-2H3. The van der Waals surface area contributed by atoms with Gasteiger partial charge in [0.1, 0.15) is 13.2 Å². The van der Waals surface area contributed by atoms with Crippen LogP contribution in [-0.4, -0.2) is 52.3 Å². The third-order valence-electron chi connectivity index (χ3n) is 3.86. The summed E-state index contributed by atoms with van der Waals surface area (Å²) >= 11 is 0. The van der Waals surface area contributed by atoms with Crippen LogP contribution in [0.15, 0.2) is 60.7 Å². The molecule has 0 fully saturated rings. The Bertz CT molecular complexity index is 630. The second-order valence-electron chi connectivity index (χ2n) is 5.68. The molecule has 0 aliphatic carbocycles. The fourth-order valence-corrected chi connectivity index (χ4v) is 2.22. The molecule has 6 nitrogen and oxygen atoms in total. The summed E-state index contributed by atoms with van der Waals surface area (Å²) in [5.74, 6) is -0.285. The Kier molecular flexibility index (Phi) is 7.79. The summed E-state index contributed by atoms with van der Waals surface area (Å²) in [7, 11) is 3.41. The summed E-state index contributed by atoms with van der Waals surface area (Å²) in [6, 6.07) is 18.7. The molecule has 0 bridgehead atoms. The molecule has 0 heterocycles. The molecular formula is C20H24N2O4. The van der Waals surface area contributed by atoms with E-state index in [4.69, 9.17) is 9.47 Å². The van der Waals surface area contributed by atoms with E-state index in [2.05, 4.69) is 0 Å². The van der Waals surface area contributed by atoms with Crippen LogP contribution in [0.2, 0.25) is 0 Å².